The maximum absolute atomic E-state index is 12.0. The van der Waals surface area contributed by atoms with Crippen LogP contribution in [0.1, 0.15) is 52.9 Å². The van der Waals surface area contributed by atoms with Crippen LogP contribution < -0.4 is 5.73 Å². The van der Waals surface area contributed by atoms with E-state index < -0.39 is 5.54 Å². The molecule has 19 heavy (non-hydrogen) atoms. The summed E-state index contributed by atoms with van der Waals surface area (Å²) in [5.74, 6) is 0.527. The number of carbonyl (C=O) groups excluding carboxylic acids is 1. The molecule has 2 N–H and O–H groups in total. The number of hydrogen-bond acceptors (Lipinski definition) is 4. The monoisotopic (exact) mass is 268 g/mol. The van der Waals surface area contributed by atoms with Crippen molar-refractivity contribution < 1.29 is 9.53 Å². The zero-order chi connectivity index (χ0) is 14.0. The molecule has 4 unspecified atom stereocenters. The van der Waals surface area contributed by atoms with E-state index in [-0.39, 0.29) is 5.97 Å². The minimum absolute atomic E-state index is 0.213. The van der Waals surface area contributed by atoms with Crippen LogP contribution in [0, 0.1) is 5.92 Å². The third-order valence-electron chi connectivity index (χ3n) is 5.10. The number of likely N-dealkylation sites (tertiary alicyclic amines) is 1. The lowest BCUT2D eigenvalue weighted by Gasteiger charge is -2.42. The molecule has 0 radical (unpaired) electrons. The molecule has 2 fully saturated rings. The van der Waals surface area contributed by atoms with E-state index >= 15 is 0 Å². The lowest BCUT2D eigenvalue weighted by Crippen LogP contribution is -2.51. The molecule has 110 valence electrons. The maximum Gasteiger partial charge on any atom is 0.326 e. The normalized spacial score (nSPS) is 40.3. The summed E-state index contributed by atoms with van der Waals surface area (Å²) in [6.07, 6.45) is 5.11. The Morgan fingerprint density at radius 2 is 2.16 bits per heavy atom. The molecule has 4 heteroatoms. The summed E-state index contributed by atoms with van der Waals surface area (Å²) in [6.45, 7) is 8.04. The third-order valence-corrected chi connectivity index (χ3v) is 5.10. The first-order valence-corrected chi connectivity index (χ1v) is 7.70. The number of rotatable bonds is 3. The second-order valence-corrected chi connectivity index (χ2v) is 6.37. The molecule has 0 aromatic rings. The molecule has 1 heterocycles. The van der Waals surface area contributed by atoms with Crippen molar-refractivity contribution >= 4 is 5.97 Å². The number of carbonyl (C=O) groups is 1. The van der Waals surface area contributed by atoms with Gasteiger partial charge in [-0.2, -0.15) is 0 Å². The Hall–Kier alpha value is -0.610. The molecule has 1 saturated heterocycles. The first-order chi connectivity index (χ1) is 8.98. The van der Waals surface area contributed by atoms with Crippen molar-refractivity contribution in [3.05, 3.63) is 0 Å². The number of ether oxygens (including phenoxy) is 1. The van der Waals surface area contributed by atoms with Crippen molar-refractivity contribution in [3.8, 4) is 0 Å². The van der Waals surface area contributed by atoms with Gasteiger partial charge in [0.2, 0.25) is 0 Å². The van der Waals surface area contributed by atoms with E-state index in [4.69, 9.17) is 10.5 Å². The average molecular weight is 268 g/mol. The van der Waals surface area contributed by atoms with Gasteiger partial charge in [0.05, 0.1) is 6.61 Å². The van der Waals surface area contributed by atoms with E-state index in [0.717, 1.165) is 31.7 Å². The molecular weight excluding hydrogens is 240 g/mol. The lowest BCUT2D eigenvalue weighted by molar-refractivity contribution is -0.149. The predicted molar refractivity (Wildman–Crippen MR) is 75.8 cm³/mol. The Balaban J connectivity index is 1.99. The second-order valence-electron chi connectivity index (χ2n) is 6.37. The summed E-state index contributed by atoms with van der Waals surface area (Å²) in [6, 6.07) is 1.05. The molecule has 0 bridgehead atoms. The number of piperidine rings is 1. The van der Waals surface area contributed by atoms with Gasteiger partial charge in [0.25, 0.3) is 0 Å². The first-order valence-electron chi connectivity index (χ1n) is 7.70. The fourth-order valence-electron chi connectivity index (χ4n) is 3.67. The van der Waals surface area contributed by atoms with Crippen LogP contribution >= 0.6 is 0 Å². The Labute approximate surface area is 116 Å². The molecule has 0 amide bonds. The molecule has 0 aromatic carbocycles. The summed E-state index contributed by atoms with van der Waals surface area (Å²) in [5, 5.41) is 0. The average Bonchev–Trinajstić information content (AvgIpc) is 2.77. The molecule has 0 aromatic heterocycles. The fraction of sp³-hybridized carbons (Fsp3) is 0.933. The van der Waals surface area contributed by atoms with Crippen LogP contribution in [0.2, 0.25) is 0 Å². The molecule has 4 atom stereocenters. The standard InChI is InChI=1S/C15H28N2O2/c1-4-19-14(18)15(16)8-7-13(10-15)17-9-5-6-11(2)12(17)3/h11-13H,4-10,16H2,1-3H3. The van der Waals surface area contributed by atoms with Gasteiger partial charge in [-0.25, -0.2) is 0 Å². The van der Waals surface area contributed by atoms with Gasteiger partial charge in [-0.3, -0.25) is 9.69 Å². The molecule has 1 saturated carbocycles. The van der Waals surface area contributed by atoms with Crippen LogP contribution in [0.4, 0.5) is 0 Å². The molecule has 1 aliphatic heterocycles. The highest BCUT2D eigenvalue weighted by atomic mass is 16.5. The smallest absolute Gasteiger partial charge is 0.326 e. The molecular formula is C15H28N2O2. The van der Waals surface area contributed by atoms with E-state index in [2.05, 4.69) is 18.7 Å². The van der Waals surface area contributed by atoms with Crippen LogP contribution in [0.15, 0.2) is 0 Å². The van der Waals surface area contributed by atoms with E-state index in [0.29, 0.717) is 18.7 Å². The van der Waals surface area contributed by atoms with Crippen LogP contribution in [0.3, 0.4) is 0 Å². The van der Waals surface area contributed by atoms with Gasteiger partial charge in [-0.1, -0.05) is 6.92 Å². The molecule has 0 spiro atoms. The minimum Gasteiger partial charge on any atom is -0.465 e. The molecule has 4 nitrogen and oxygen atoms in total. The van der Waals surface area contributed by atoms with Crippen molar-refractivity contribution in [1.29, 1.82) is 0 Å². The van der Waals surface area contributed by atoms with Gasteiger partial charge in [-0.05, 0) is 58.4 Å². The summed E-state index contributed by atoms with van der Waals surface area (Å²) in [5.41, 5.74) is 5.52. The van der Waals surface area contributed by atoms with Gasteiger partial charge in [0, 0.05) is 12.1 Å². The fourth-order valence-corrected chi connectivity index (χ4v) is 3.67. The third kappa shape index (κ3) is 2.95. The quantitative estimate of drug-likeness (QED) is 0.795. The van der Waals surface area contributed by atoms with E-state index in [1.807, 2.05) is 6.92 Å². The zero-order valence-corrected chi connectivity index (χ0v) is 12.5. The number of nitrogens with zero attached hydrogens (tertiary/aromatic N) is 1. The van der Waals surface area contributed by atoms with E-state index in [9.17, 15) is 4.79 Å². The summed E-state index contributed by atoms with van der Waals surface area (Å²) in [7, 11) is 0. The number of nitrogens with two attached hydrogens (primary N) is 1. The Kier molecular flexibility index (Phi) is 4.51. The lowest BCUT2D eigenvalue weighted by atomic mass is 9.90. The maximum atomic E-state index is 12.0. The van der Waals surface area contributed by atoms with Crippen molar-refractivity contribution in [3.63, 3.8) is 0 Å². The van der Waals surface area contributed by atoms with E-state index in [1.165, 1.54) is 12.8 Å². The Morgan fingerprint density at radius 1 is 1.42 bits per heavy atom. The van der Waals surface area contributed by atoms with E-state index in [1.54, 1.807) is 0 Å². The van der Waals surface area contributed by atoms with Gasteiger partial charge >= 0.3 is 5.97 Å². The van der Waals surface area contributed by atoms with Gasteiger partial charge in [-0.15, -0.1) is 0 Å². The topological polar surface area (TPSA) is 55.6 Å². The Bertz CT molecular complexity index is 334. The van der Waals surface area contributed by atoms with Crippen LogP contribution in [0.25, 0.3) is 0 Å². The van der Waals surface area contributed by atoms with Crippen molar-refractivity contribution in [2.24, 2.45) is 11.7 Å². The molecule has 2 aliphatic rings. The number of hydrogen-bond donors (Lipinski definition) is 1. The SMILES string of the molecule is CCOC(=O)C1(N)CCC(N2CCCC(C)C2C)C1. The number of esters is 1. The molecule has 1 aliphatic carbocycles. The Morgan fingerprint density at radius 3 is 2.84 bits per heavy atom. The highest BCUT2D eigenvalue weighted by Gasteiger charge is 2.46. The minimum atomic E-state index is -0.749. The molecule has 2 rings (SSSR count). The summed E-state index contributed by atoms with van der Waals surface area (Å²) >= 11 is 0. The van der Waals surface area contributed by atoms with Crippen LogP contribution in [-0.2, 0) is 9.53 Å². The van der Waals surface area contributed by atoms with Crippen LogP contribution in [0.5, 0.6) is 0 Å². The summed E-state index contributed by atoms with van der Waals surface area (Å²) < 4.78 is 5.13. The van der Waals surface area contributed by atoms with Gasteiger partial charge in [0.1, 0.15) is 5.54 Å². The van der Waals surface area contributed by atoms with Gasteiger partial charge in [0.15, 0.2) is 0 Å². The van der Waals surface area contributed by atoms with Crippen molar-refractivity contribution in [1.82, 2.24) is 4.90 Å². The van der Waals surface area contributed by atoms with Crippen molar-refractivity contribution in [2.75, 3.05) is 13.2 Å². The zero-order valence-electron chi connectivity index (χ0n) is 12.5. The highest BCUT2D eigenvalue weighted by Crippen LogP contribution is 2.36. The second kappa shape index (κ2) is 5.80. The first kappa shape index (κ1) is 14.8. The van der Waals surface area contributed by atoms with Crippen LogP contribution in [-0.4, -0.2) is 41.6 Å². The largest absolute Gasteiger partial charge is 0.465 e. The van der Waals surface area contributed by atoms with Crippen molar-refractivity contribution in [2.45, 2.75) is 70.5 Å². The highest BCUT2D eigenvalue weighted by molar-refractivity contribution is 5.81. The predicted octanol–water partition coefficient (Wildman–Crippen LogP) is 1.92. The summed E-state index contributed by atoms with van der Waals surface area (Å²) in [4.78, 5) is 14.5. The van der Waals surface area contributed by atoms with Gasteiger partial charge < -0.3 is 10.5 Å².